The molecule has 30 heavy (non-hydrogen) atoms. The molecule has 0 spiro atoms. The number of alkyl halides is 1. The van der Waals surface area contributed by atoms with Crippen LogP contribution in [0.2, 0.25) is 5.02 Å². The Morgan fingerprint density at radius 3 is 2.73 bits per heavy atom. The number of carbonyl (C=O) groups is 1. The van der Waals surface area contributed by atoms with Gasteiger partial charge < -0.3 is 19.5 Å². The fourth-order valence-corrected chi connectivity index (χ4v) is 4.36. The topological polar surface area (TPSA) is 79.3 Å². The molecule has 3 aromatic heterocycles. The van der Waals surface area contributed by atoms with E-state index in [0.717, 1.165) is 22.3 Å². The molecule has 1 aliphatic heterocycles. The molecule has 0 aromatic carbocycles. The van der Waals surface area contributed by atoms with Gasteiger partial charge in [-0.2, -0.15) is 5.10 Å². The van der Waals surface area contributed by atoms with Crippen molar-refractivity contribution in [2.45, 2.75) is 25.1 Å². The normalized spacial score (nSPS) is 21.7. The highest BCUT2D eigenvalue weighted by molar-refractivity contribution is 6.39. The van der Waals surface area contributed by atoms with Gasteiger partial charge in [0.25, 0.3) is 0 Å². The number of ether oxygens (including phenoxy) is 1. The number of H-pyrrole nitrogens is 1. The van der Waals surface area contributed by atoms with E-state index in [0.29, 0.717) is 49.7 Å². The molecule has 158 valence electrons. The fourth-order valence-electron chi connectivity index (χ4n) is 4.02. The summed E-state index contributed by atoms with van der Waals surface area (Å²) in [6.45, 7) is 2.36. The van der Waals surface area contributed by atoms with Crippen molar-refractivity contribution < 1.29 is 13.9 Å². The van der Waals surface area contributed by atoms with Gasteiger partial charge in [0.2, 0.25) is 0 Å². The number of halogens is 2. The van der Waals surface area contributed by atoms with Crippen molar-refractivity contribution in [3.8, 4) is 11.3 Å². The number of rotatable bonds is 3. The molecule has 1 amide bonds. The number of amides is 1. The Morgan fingerprint density at radius 2 is 2.07 bits per heavy atom. The monoisotopic (exact) mass is 432 g/mol. The molecule has 8 nitrogen and oxygen atoms in total. The maximum absolute atomic E-state index is 12.9. The van der Waals surface area contributed by atoms with E-state index in [9.17, 15) is 9.18 Å². The minimum Gasteiger partial charge on any atom is -0.446 e. The molecule has 4 heterocycles. The Morgan fingerprint density at radius 1 is 1.30 bits per heavy atom. The lowest BCUT2D eigenvalue weighted by Gasteiger charge is -2.37. The number of hydrogen-bond donors (Lipinski definition) is 1. The van der Waals surface area contributed by atoms with Crippen molar-refractivity contribution >= 4 is 34.4 Å². The average Bonchev–Trinajstić information content (AvgIpc) is 3.30. The van der Waals surface area contributed by atoms with Crippen LogP contribution in [0.4, 0.5) is 14.9 Å². The highest BCUT2D eigenvalue weighted by atomic mass is 35.5. The molecule has 1 saturated carbocycles. The van der Waals surface area contributed by atoms with Crippen molar-refractivity contribution in [3.05, 3.63) is 29.7 Å². The number of aromatic amines is 1. The highest BCUT2D eigenvalue weighted by Gasteiger charge is 2.34. The number of fused-ring (bicyclic) bond motifs is 1. The summed E-state index contributed by atoms with van der Waals surface area (Å²) in [5, 5.41) is 5.68. The number of aryl methyl sites for hydroxylation is 1. The van der Waals surface area contributed by atoms with Crippen LogP contribution in [-0.2, 0) is 11.8 Å². The van der Waals surface area contributed by atoms with Crippen LogP contribution in [0.5, 0.6) is 0 Å². The van der Waals surface area contributed by atoms with Crippen LogP contribution in [0.1, 0.15) is 12.8 Å². The molecule has 0 unspecified atom stereocenters. The second-order valence-electron chi connectivity index (χ2n) is 7.82. The molecule has 1 saturated heterocycles. The Bertz CT molecular complexity index is 1080. The largest absolute Gasteiger partial charge is 0.446 e. The van der Waals surface area contributed by atoms with E-state index in [1.54, 1.807) is 22.0 Å². The van der Waals surface area contributed by atoms with E-state index in [4.69, 9.17) is 16.3 Å². The van der Waals surface area contributed by atoms with Crippen LogP contribution in [0.15, 0.2) is 24.7 Å². The summed E-state index contributed by atoms with van der Waals surface area (Å²) in [6, 6.07) is 1.94. The predicted molar refractivity (Wildman–Crippen MR) is 111 cm³/mol. The zero-order valence-corrected chi connectivity index (χ0v) is 17.3. The van der Waals surface area contributed by atoms with Crippen molar-refractivity contribution in [1.29, 1.82) is 0 Å². The number of nitrogens with one attached hydrogen (secondary N) is 1. The molecule has 10 heteroatoms. The first-order valence-corrected chi connectivity index (χ1v) is 10.4. The lowest BCUT2D eigenvalue weighted by Crippen LogP contribution is -2.50. The Balaban J connectivity index is 1.33. The van der Waals surface area contributed by atoms with Gasteiger partial charge in [-0.25, -0.2) is 14.2 Å². The summed E-state index contributed by atoms with van der Waals surface area (Å²) >= 11 is 6.75. The van der Waals surface area contributed by atoms with Gasteiger partial charge in [-0.3, -0.25) is 4.68 Å². The summed E-state index contributed by atoms with van der Waals surface area (Å²) in [7, 11) is 1.86. The van der Waals surface area contributed by atoms with Gasteiger partial charge in [0.05, 0.1) is 28.0 Å². The molecule has 1 aliphatic carbocycles. The SMILES string of the molecule is Cn1cc(-c2[nH]c3nccc(N4CCN(C(=O)O[C@H]5C[C@H](F)C5)CC4)c3c2Cl)cn1. The van der Waals surface area contributed by atoms with Crippen LogP contribution in [0.25, 0.3) is 22.3 Å². The molecule has 1 N–H and O–H groups in total. The van der Waals surface area contributed by atoms with Crippen LogP contribution >= 0.6 is 11.6 Å². The zero-order chi connectivity index (χ0) is 20.8. The number of aromatic nitrogens is 4. The Kier molecular flexibility index (Phi) is 4.77. The number of pyridine rings is 1. The third-order valence-corrected chi connectivity index (χ3v) is 6.17. The summed E-state index contributed by atoms with van der Waals surface area (Å²) in [5.74, 6) is 0. The van der Waals surface area contributed by atoms with Gasteiger partial charge in [0, 0.05) is 64.0 Å². The maximum Gasteiger partial charge on any atom is 0.410 e. The average molecular weight is 433 g/mol. The quantitative estimate of drug-likeness (QED) is 0.686. The smallest absolute Gasteiger partial charge is 0.410 e. The van der Waals surface area contributed by atoms with Gasteiger partial charge in [-0.15, -0.1) is 0 Å². The zero-order valence-electron chi connectivity index (χ0n) is 16.5. The fraction of sp³-hybridized carbons (Fsp3) is 0.450. The van der Waals surface area contributed by atoms with Crippen LogP contribution in [-0.4, -0.2) is 69.2 Å². The lowest BCUT2D eigenvalue weighted by molar-refractivity contribution is -0.0132. The van der Waals surface area contributed by atoms with E-state index >= 15 is 0 Å². The summed E-state index contributed by atoms with van der Waals surface area (Å²) in [5.41, 5.74) is 3.37. The van der Waals surface area contributed by atoms with Gasteiger partial charge in [0.1, 0.15) is 17.9 Å². The summed E-state index contributed by atoms with van der Waals surface area (Å²) in [6.07, 6.45) is 4.55. The van der Waals surface area contributed by atoms with E-state index < -0.39 is 6.17 Å². The molecule has 0 radical (unpaired) electrons. The third kappa shape index (κ3) is 3.36. The van der Waals surface area contributed by atoms with E-state index in [2.05, 4.69) is 20.0 Å². The van der Waals surface area contributed by atoms with Crippen molar-refractivity contribution in [2.24, 2.45) is 7.05 Å². The second kappa shape index (κ2) is 7.46. The summed E-state index contributed by atoms with van der Waals surface area (Å²) < 4.78 is 20.0. The van der Waals surface area contributed by atoms with Crippen LogP contribution in [0.3, 0.4) is 0 Å². The standard InChI is InChI=1S/C20H22ClFN6O2/c1-26-11-12(10-24-26)18-17(21)16-15(2-3-23-19(16)25-18)27-4-6-28(7-5-27)20(29)30-14-8-13(22)9-14/h2-3,10-11,13-14H,4-9H2,1H3,(H,23,25)/t13-,14-. The van der Waals surface area contributed by atoms with Gasteiger partial charge in [-0.1, -0.05) is 11.6 Å². The van der Waals surface area contributed by atoms with Crippen LogP contribution < -0.4 is 4.90 Å². The van der Waals surface area contributed by atoms with Crippen molar-refractivity contribution in [2.75, 3.05) is 31.1 Å². The van der Waals surface area contributed by atoms with E-state index in [1.165, 1.54) is 0 Å². The molecular formula is C20H22ClFN6O2. The Labute approximate surface area is 177 Å². The first-order valence-electron chi connectivity index (χ1n) is 9.99. The van der Waals surface area contributed by atoms with Crippen molar-refractivity contribution in [3.63, 3.8) is 0 Å². The third-order valence-electron chi connectivity index (χ3n) is 5.79. The Hall–Kier alpha value is -2.81. The van der Waals surface area contributed by atoms with Gasteiger partial charge in [0.15, 0.2) is 0 Å². The molecule has 3 aromatic rings. The lowest BCUT2D eigenvalue weighted by atomic mass is 9.94. The number of piperazine rings is 1. The predicted octanol–water partition coefficient (Wildman–Crippen LogP) is 3.38. The number of nitrogens with zero attached hydrogens (tertiary/aromatic N) is 5. The maximum atomic E-state index is 12.9. The second-order valence-corrected chi connectivity index (χ2v) is 8.20. The van der Waals surface area contributed by atoms with Crippen molar-refractivity contribution in [1.82, 2.24) is 24.6 Å². The van der Waals surface area contributed by atoms with Crippen LogP contribution in [0, 0.1) is 0 Å². The van der Waals surface area contributed by atoms with Gasteiger partial charge in [-0.05, 0) is 6.07 Å². The van der Waals surface area contributed by atoms with E-state index in [1.807, 2.05) is 19.3 Å². The molecule has 0 atom stereocenters. The summed E-state index contributed by atoms with van der Waals surface area (Å²) in [4.78, 5) is 23.9. The van der Waals surface area contributed by atoms with Gasteiger partial charge >= 0.3 is 6.09 Å². The molecule has 5 rings (SSSR count). The molecule has 2 fully saturated rings. The first kappa shape index (κ1) is 19.2. The first-order chi connectivity index (χ1) is 14.5. The molecule has 0 bridgehead atoms. The number of carbonyl (C=O) groups excluding carboxylic acids is 1. The minimum absolute atomic E-state index is 0.282. The number of anilines is 1. The van der Waals surface area contributed by atoms with E-state index in [-0.39, 0.29) is 12.2 Å². The number of hydrogen-bond acceptors (Lipinski definition) is 5. The minimum atomic E-state index is -0.837. The molecular weight excluding hydrogens is 411 g/mol. The highest BCUT2D eigenvalue weighted by Crippen LogP contribution is 2.39. The molecule has 2 aliphatic rings.